The third-order valence-corrected chi connectivity index (χ3v) is 2.33. The predicted octanol–water partition coefficient (Wildman–Crippen LogP) is 2.51. The van der Waals surface area contributed by atoms with Gasteiger partial charge in [-0.15, -0.1) is 0 Å². The molecule has 0 spiro atoms. The molecule has 0 N–H and O–H groups in total. The Bertz CT molecular complexity index is 484. The molecule has 1 aliphatic rings. The number of benzene rings is 1. The zero-order valence-electron chi connectivity index (χ0n) is 7.87. The molecule has 0 unspecified atom stereocenters. The topological polar surface area (TPSA) is 31.6 Å². The van der Waals surface area contributed by atoms with E-state index in [9.17, 15) is 0 Å². The number of ether oxygens (including phenoxy) is 2. The van der Waals surface area contributed by atoms with Gasteiger partial charge in [-0.25, -0.2) is 0 Å². The van der Waals surface area contributed by atoms with Crippen molar-refractivity contribution < 1.29 is 13.9 Å². The first kappa shape index (κ1) is 7.74. The summed E-state index contributed by atoms with van der Waals surface area (Å²) in [7, 11) is 0. The molecule has 3 heteroatoms. The minimum Gasteiger partial charge on any atom is -0.486 e. The van der Waals surface area contributed by atoms with Gasteiger partial charge in [0.15, 0.2) is 11.5 Å². The lowest BCUT2D eigenvalue weighted by atomic mass is 10.2. The van der Waals surface area contributed by atoms with Crippen molar-refractivity contribution in [3.63, 3.8) is 0 Å². The normalized spacial score (nSPS) is 14.6. The van der Waals surface area contributed by atoms with Crippen molar-refractivity contribution in [2.75, 3.05) is 13.2 Å². The second kappa shape index (κ2) is 2.67. The fourth-order valence-electron chi connectivity index (χ4n) is 1.75. The monoisotopic (exact) mass is 190 g/mol. The minimum absolute atomic E-state index is 0.607. The van der Waals surface area contributed by atoms with Gasteiger partial charge < -0.3 is 13.9 Å². The van der Waals surface area contributed by atoms with Crippen molar-refractivity contribution in [1.82, 2.24) is 0 Å². The van der Waals surface area contributed by atoms with Crippen LogP contribution in [0.1, 0.15) is 5.76 Å². The average molecular weight is 190 g/mol. The summed E-state index contributed by atoms with van der Waals surface area (Å²) in [6, 6.07) is 5.78. The van der Waals surface area contributed by atoms with Crippen LogP contribution in [0.4, 0.5) is 0 Å². The molecule has 0 fully saturated rings. The van der Waals surface area contributed by atoms with Crippen LogP contribution in [-0.2, 0) is 0 Å². The Morgan fingerprint density at radius 1 is 1.14 bits per heavy atom. The standard InChI is InChI=1S/C11H10O3/c1-7-6-8-9(14-7)2-3-10-11(8)13-5-4-12-10/h2-3,6H,4-5H2,1H3. The van der Waals surface area contributed by atoms with E-state index in [4.69, 9.17) is 13.9 Å². The van der Waals surface area contributed by atoms with Gasteiger partial charge in [0.05, 0.1) is 5.39 Å². The Morgan fingerprint density at radius 3 is 2.93 bits per heavy atom. The van der Waals surface area contributed by atoms with Crippen molar-refractivity contribution in [1.29, 1.82) is 0 Å². The van der Waals surface area contributed by atoms with Crippen LogP contribution in [0.15, 0.2) is 22.6 Å². The van der Waals surface area contributed by atoms with E-state index in [0.29, 0.717) is 13.2 Å². The Morgan fingerprint density at radius 2 is 2.00 bits per heavy atom. The molecule has 0 saturated heterocycles. The molecule has 72 valence electrons. The van der Waals surface area contributed by atoms with Gasteiger partial charge in [-0.2, -0.15) is 0 Å². The zero-order chi connectivity index (χ0) is 9.54. The summed E-state index contributed by atoms with van der Waals surface area (Å²) in [4.78, 5) is 0. The van der Waals surface area contributed by atoms with E-state index < -0.39 is 0 Å². The van der Waals surface area contributed by atoms with E-state index in [0.717, 1.165) is 28.2 Å². The number of aryl methyl sites for hydroxylation is 1. The number of hydrogen-bond donors (Lipinski definition) is 0. The van der Waals surface area contributed by atoms with Gasteiger partial charge in [-0.05, 0) is 25.1 Å². The number of furan rings is 1. The van der Waals surface area contributed by atoms with Gasteiger partial charge >= 0.3 is 0 Å². The van der Waals surface area contributed by atoms with E-state index >= 15 is 0 Å². The smallest absolute Gasteiger partial charge is 0.172 e. The molecule has 2 aromatic rings. The highest BCUT2D eigenvalue weighted by Crippen LogP contribution is 2.38. The fourth-order valence-corrected chi connectivity index (χ4v) is 1.75. The maximum Gasteiger partial charge on any atom is 0.172 e. The molecule has 0 atom stereocenters. The van der Waals surface area contributed by atoms with E-state index in [1.54, 1.807) is 0 Å². The largest absolute Gasteiger partial charge is 0.486 e. The molecule has 3 rings (SSSR count). The maximum absolute atomic E-state index is 5.57. The van der Waals surface area contributed by atoms with Gasteiger partial charge in [0.25, 0.3) is 0 Å². The van der Waals surface area contributed by atoms with Crippen LogP contribution in [0, 0.1) is 6.92 Å². The molecule has 0 saturated carbocycles. The third kappa shape index (κ3) is 0.985. The molecule has 1 aromatic heterocycles. The van der Waals surface area contributed by atoms with Crippen LogP contribution in [0.3, 0.4) is 0 Å². The third-order valence-electron chi connectivity index (χ3n) is 2.33. The molecular formula is C11H10O3. The Kier molecular flexibility index (Phi) is 1.48. The molecule has 2 heterocycles. The SMILES string of the molecule is Cc1cc2c3c(ccc2o1)OCCO3. The highest BCUT2D eigenvalue weighted by Gasteiger charge is 2.16. The number of fused-ring (bicyclic) bond motifs is 3. The molecule has 0 aliphatic carbocycles. The van der Waals surface area contributed by atoms with Crippen LogP contribution in [0.25, 0.3) is 11.0 Å². The van der Waals surface area contributed by atoms with Gasteiger partial charge in [-0.1, -0.05) is 0 Å². The predicted molar refractivity (Wildman–Crippen MR) is 51.9 cm³/mol. The number of rotatable bonds is 0. The highest BCUT2D eigenvalue weighted by molar-refractivity contribution is 5.87. The van der Waals surface area contributed by atoms with Crippen LogP contribution in [-0.4, -0.2) is 13.2 Å². The molecule has 1 aliphatic heterocycles. The highest BCUT2D eigenvalue weighted by atomic mass is 16.6. The van der Waals surface area contributed by atoms with Crippen molar-refractivity contribution >= 4 is 11.0 Å². The van der Waals surface area contributed by atoms with E-state index in [1.165, 1.54) is 0 Å². The summed E-state index contributed by atoms with van der Waals surface area (Å²) >= 11 is 0. The van der Waals surface area contributed by atoms with Gasteiger partial charge in [0.1, 0.15) is 24.6 Å². The van der Waals surface area contributed by atoms with Gasteiger partial charge in [-0.3, -0.25) is 0 Å². The van der Waals surface area contributed by atoms with Crippen molar-refractivity contribution in [2.45, 2.75) is 6.92 Å². The molecule has 3 nitrogen and oxygen atoms in total. The summed E-state index contributed by atoms with van der Waals surface area (Å²) in [5.74, 6) is 2.51. The van der Waals surface area contributed by atoms with E-state index in [-0.39, 0.29) is 0 Å². The zero-order valence-corrected chi connectivity index (χ0v) is 7.87. The van der Waals surface area contributed by atoms with E-state index in [1.807, 2.05) is 25.1 Å². The second-order valence-corrected chi connectivity index (χ2v) is 3.36. The quantitative estimate of drug-likeness (QED) is 0.639. The maximum atomic E-state index is 5.57. The lowest BCUT2D eigenvalue weighted by molar-refractivity contribution is 0.174. The van der Waals surface area contributed by atoms with E-state index in [2.05, 4.69) is 0 Å². The summed E-state index contributed by atoms with van der Waals surface area (Å²) in [5.41, 5.74) is 0.853. The minimum atomic E-state index is 0.607. The van der Waals surface area contributed by atoms with Crippen LogP contribution in [0.2, 0.25) is 0 Å². The molecular weight excluding hydrogens is 180 g/mol. The van der Waals surface area contributed by atoms with Crippen LogP contribution >= 0.6 is 0 Å². The average Bonchev–Trinajstić information content (AvgIpc) is 2.59. The number of hydrogen-bond acceptors (Lipinski definition) is 3. The Labute approximate surface area is 81.2 Å². The van der Waals surface area contributed by atoms with Crippen LogP contribution in [0.5, 0.6) is 11.5 Å². The summed E-state index contributed by atoms with van der Waals surface area (Å²) in [6.45, 7) is 3.15. The Hall–Kier alpha value is -1.64. The first-order valence-electron chi connectivity index (χ1n) is 4.63. The first-order chi connectivity index (χ1) is 6.84. The van der Waals surface area contributed by atoms with Crippen molar-refractivity contribution in [2.24, 2.45) is 0 Å². The van der Waals surface area contributed by atoms with Crippen LogP contribution < -0.4 is 9.47 Å². The Balaban J connectivity index is 2.33. The molecule has 1 aromatic carbocycles. The molecule has 14 heavy (non-hydrogen) atoms. The summed E-state index contributed by atoms with van der Waals surface area (Å²) < 4.78 is 16.5. The molecule has 0 radical (unpaired) electrons. The first-order valence-corrected chi connectivity index (χ1v) is 4.63. The van der Waals surface area contributed by atoms with Crippen molar-refractivity contribution in [3.8, 4) is 11.5 Å². The lowest BCUT2D eigenvalue weighted by Gasteiger charge is -2.18. The van der Waals surface area contributed by atoms with Gasteiger partial charge in [0, 0.05) is 0 Å². The second-order valence-electron chi connectivity index (χ2n) is 3.36. The van der Waals surface area contributed by atoms with Gasteiger partial charge in [0.2, 0.25) is 0 Å². The lowest BCUT2D eigenvalue weighted by Crippen LogP contribution is -2.15. The van der Waals surface area contributed by atoms with Crippen molar-refractivity contribution in [3.05, 3.63) is 24.0 Å². The molecule has 0 bridgehead atoms. The molecule has 0 amide bonds. The summed E-state index contributed by atoms with van der Waals surface area (Å²) in [5, 5.41) is 1.000. The summed E-state index contributed by atoms with van der Waals surface area (Å²) in [6.07, 6.45) is 0. The fraction of sp³-hybridized carbons (Fsp3) is 0.273.